The molecule has 0 aliphatic heterocycles. The van der Waals surface area contributed by atoms with E-state index < -0.39 is 0 Å². The largest absolute Gasteiger partial charge is 0.493 e. The van der Waals surface area contributed by atoms with Gasteiger partial charge in [0, 0.05) is 16.2 Å². The van der Waals surface area contributed by atoms with E-state index in [1.165, 1.54) is 0 Å². The molecule has 3 nitrogen and oxygen atoms in total. The molecule has 0 fully saturated rings. The third-order valence-corrected chi connectivity index (χ3v) is 3.15. The van der Waals surface area contributed by atoms with Crippen LogP contribution in [-0.4, -0.2) is 14.5 Å². The van der Waals surface area contributed by atoms with E-state index in [1.54, 1.807) is 10.6 Å². The Hall–Kier alpha value is -1.81. The van der Waals surface area contributed by atoms with E-state index in [9.17, 15) is 5.11 Å². The van der Waals surface area contributed by atoms with Crippen molar-refractivity contribution < 1.29 is 5.11 Å². The lowest BCUT2D eigenvalue weighted by Gasteiger charge is -1.98. The molecule has 0 atom stereocenters. The Kier molecular flexibility index (Phi) is 2.37. The van der Waals surface area contributed by atoms with Crippen LogP contribution in [0, 0.1) is 0 Å². The molecule has 2 aromatic heterocycles. The fourth-order valence-corrected chi connectivity index (χ4v) is 2.05. The van der Waals surface area contributed by atoms with Crippen molar-refractivity contribution in [3.05, 3.63) is 53.1 Å². The predicted molar refractivity (Wildman–Crippen MR) is 70.0 cm³/mol. The van der Waals surface area contributed by atoms with Crippen LogP contribution in [0.5, 0.6) is 5.88 Å². The molecule has 3 aromatic rings. The van der Waals surface area contributed by atoms with E-state index in [2.05, 4.69) is 20.9 Å². The highest BCUT2D eigenvalue weighted by Crippen LogP contribution is 2.30. The first-order valence-electron chi connectivity index (χ1n) is 5.18. The van der Waals surface area contributed by atoms with E-state index in [0.29, 0.717) is 5.69 Å². The molecule has 0 aliphatic rings. The third kappa shape index (κ3) is 1.70. The standard InChI is InChI=1S/C13H9BrN2O/c14-10-6-4-9(5-7-10)12-13(17)16-8-2-1-3-11(16)15-12/h1-8,17H. The molecule has 1 N–H and O–H groups in total. The van der Waals surface area contributed by atoms with E-state index >= 15 is 0 Å². The number of hydrogen-bond donors (Lipinski definition) is 1. The number of fused-ring (bicyclic) bond motifs is 1. The average molecular weight is 289 g/mol. The molecule has 0 spiro atoms. The zero-order valence-electron chi connectivity index (χ0n) is 8.84. The van der Waals surface area contributed by atoms with Gasteiger partial charge in [-0.2, -0.15) is 0 Å². The van der Waals surface area contributed by atoms with Crippen molar-refractivity contribution in [3.63, 3.8) is 0 Å². The lowest BCUT2D eigenvalue weighted by Crippen LogP contribution is -1.80. The summed E-state index contributed by atoms with van der Waals surface area (Å²) in [4.78, 5) is 4.41. The van der Waals surface area contributed by atoms with Gasteiger partial charge in [-0.1, -0.05) is 34.1 Å². The highest BCUT2D eigenvalue weighted by Gasteiger charge is 2.11. The first-order chi connectivity index (χ1) is 8.25. The average Bonchev–Trinajstić information content (AvgIpc) is 2.69. The summed E-state index contributed by atoms with van der Waals surface area (Å²) in [6, 6.07) is 13.3. The highest BCUT2D eigenvalue weighted by atomic mass is 79.9. The van der Waals surface area contributed by atoms with Crippen LogP contribution < -0.4 is 0 Å². The molecule has 0 saturated carbocycles. The first kappa shape index (κ1) is 10.4. The minimum Gasteiger partial charge on any atom is -0.493 e. The van der Waals surface area contributed by atoms with Gasteiger partial charge in [-0.25, -0.2) is 4.98 Å². The van der Waals surface area contributed by atoms with Crippen LogP contribution in [-0.2, 0) is 0 Å². The quantitative estimate of drug-likeness (QED) is 0.744. The summed E-state index contributed by atoms with van der Waals surface area (Å²) in [5.41, 5.74) is 2.24. The Morgan fingerprint density at radius 3 is 2.53 bits per heavy atom. The number of rotatable bonds is 1. The number of pyridine rings is 1. The van der Waals surface area contributed by atoms with E-state index in [-0.39, 0.29) is 5.88 Å². The Morgan fingerprint density at radius 2 is 1.82 bits per heavy atom. The smallest absolute Gasteiger partial charge is 0.224 e. The lowest BCUT2D eigenvalue weighted by molar-refractivity contribution is 0.450. The summed E-state index contributed by atoms with van der Waals surface area (Å²) in [6.45, 7) is 0. The summed E-state index contributed by atoms with van der Waals surface area (Å²) in [5.74, 6) is 0.169. The van der Waals surface area contributed by atoms with E-state index in [4.69, 9.17) is 0 Å². The molecular weight excluding hydrogens is 280 g/mol. The Morgan fingerprint density at radius 1 is 1.06 bits per heavy atom. The number of nitrogens with zero attached hydrogens (tertiary/aromatic N) is 2. The Balaban J connectivity index is 2.24. The van der Waals surface area contributed by atoms with Gasteiger partial charge in [-0.15, -0.1) is 0 Å². The van der Waals surface area contributed by atoms with Crippen LogP contribution in [0.15, 0.2) is 53.1 Å². The van der Waals surface area contributed by atoms with Gasteiger partial charge < -0.3 is 5.11 Å². The second kappa shape index (κ2) is 3.89. The molecule has 0 unspecified atom stereocenters. The molecule has 2 heterocycles. The van der Waals surface area contributed by atoms with E-state index in [1.807, 2.05) is 42.5 Å². The van der Waals surface area contributed by atoms with Crippen LogP contribution in [0.3, 0.4) is 0 Å². The molecule has 0 radical (unpaired) electrons. The molecule has 84 valence electrons. The molecule has 3 rings (SSSR count). The molecule has 0 amide bonds. The summed E-state index contributed by atoms with van der Waals surface area (Å²) in [5, 5.41) is 10.1. The maximum absolute atomic E-state index is 10.1. The molecule has 1 aromatic carbocycles. The van der Waals surface area contributed by atoms with Gasteiger partial charge in [0.2, 0.25) is 5.88 Å². The number of imidazole rings is 1. The fraction of sp³-hybridized carbons (Fsp3) is 0. The maximum Gasteiger partial charge on any atom is 0.224 e. The van der Waals surface area contributed by atoms with Crippen molar-refractivity contribution in [1.82, 2.24) is 9.38 Å². The number of aromatic hydroxyl groups is 1. The summed E-state index contributed by atoms with van der Waals surface area (Å²) < 4.78 is 2.67. The van der Waals surface area contributed by atoms with Crippen molar-refractivity contribution in [2.45, 2.75) is 0 Å². The minimum atomic E-state index is 0.169. The van der Waals surface area contributed by atoms with Gasteiger partial charge in [0.05, 0.1) is 0 Å². The normalized spacial score (nSPS) is 10.9. The molecular formula is C13H9BrN2O. The van der Waals surface area contributed by atoms with Gasteiger partial charge in [-0.05, 0) is 24.3 Å². The highest BCUT2D eigenvalue weighted by molar-refractivity contribution is 9.10. The van der Waals surface area contributed by atoms with Gasteiger partial charge in [0.25, 0.3) is 0 Å². The topological polar surface area (TPSA) is 37.5 Å². The second-order valence-corrected chi connectivity index (χ2v) is 4.64. The minimum absolute atomic E-state index is 0.169. The van der Waals surface area contributed by atoms with Gasteiger partial charge in [0.15, 0.2) is 0 Å². The SMILES string of the molecule is Oc1c(-c2ccc(Br)cc2)nc2ccccn12. The first-order valence-corrected chi connectivity index (χ1v) is 5.97. The van der Waals surface area contributed by atoms with Crippen LogP contribution >= 0.6 is 15.9 Å². The summed E-state index contributed by atoms with van der Waals surface area (Å²) in [7, 11) is 0. The molecule has 4 heteroatoms. The van der Waals surface area contributed by atoms with Crippen LogP contribution in [0.4, 0.5) is 0 Å². The van der Waals surface area contributed by atoms with Gasteiger partial charge >= 0.3 is 0 Å². The van der Waals surface area contributed by atoms with Crippen molar-refractivity contribution >= 4 is 21.6 Å². The number of aromatic nitrogens is 2. The molecule has 0 saturated heterocycles. The summed E-state index contributed by atoms with van der Waals surface area (Å²) >= 11 is 3.38. The lowest BCUT2D eigenvalue weighted by atomic mass is 10.2. The zero-order valence-corrected chi connectivity index (χ0v) is 10.4. The van der Waals surface area contributed by atoms with Crippen molar-refractivity contribution in [1.29, 1.82) is 0 Å². The zero-order chi connectivity index (χ0) is 11.8. The maximum atomic E-state index is 10.1. The Bertz CT molecular complexity index is 673. The number of benzene rings is 1. The second-order valence-electron chi connectivity index (χ2n) is 3.72. The fourth-order valence-electron chi connectivity index (χ4n) is 1.78. The van der Waals surface area contributed by atoms with Crippen LogP contribution in [0.1, 0.15) is 0 Å². The predicted octanol–water partition coefficient (Wildman–Crippen LogP) is 3.47. The van der Waals surface area contributed by atoms with Crippen molar-refractivity contribution in [2.75, 3.05) is 0 Å². The third-order valence-electron chi connectivity index (χ3n) is 2.62. The summed E-state index contributed by atoms with van der Waals surface area (Å²) in [6.07, 6.45) is 1.79. The van der Waals surface area contributed by atoms with E-state index in [0.717, 1.165) is 15.7 Å². The monoisotopic (exact) mass is 288 g/mol. The molecule has 0 bridgehead atoms. The molecule has 0 aliphatic carbocycles. The number of hydrogen-bond acceptors (Lipinski definition) is 2. The Labute approximate surface area is 106 Å². The van der Waals surface area contributed by atoms with Gasteiger partial charge in [-0.3, -0.25) is 4.40 Å². The van der Waals surface area contributed by atoms with Crippen molar-refractivity contribution in [3.8, 4) is 17.1 Å². The van der Waals surface area contributed by atoms with Gasteiger partial charge in [0.1, 0.15) is 11.3 Å². The van der Waals surface area contributed by atoms with Crippen LogP contribution in [0.25, 0.3) is 16.9 Å². The number of halogens is 1. The molecule has 17 heavy (non-hydrogen) atoms. The van der Waals surface area contributed by atoms with Crippen molar-refractivity contribution in [2.24, 2.45) is 0 Å². The van der Waals surface area contributed by atoms with Crippen LogP contribution in [0.2, 0.25) is 0 Å².